The molecule has 1 unspecified atom stereocenters. The highest BCUT2D eigenvalue weighted by Gasteiger charge is 2.35. The Kier molecular flexibility index (Phi) is 7.35. The highest BCUT2D eigenvalue weighted by molar-refractivity contribution is 7.89. The van der Waals surface area contributed by atoms with Crippen LogP contribution < -0.4 is 20.1 Å². The van der Waals surface area contributed by atoms with Gasteiger partial charge in [-0.15, -0.1) is 0 Å². The van der Waals surface area contributed by atoms with Crippen molar-refractivity contribution in [1.29, 1.82) is 0 Å². The van der Waals surface area contributed by atoms with E-state index in [0.717, 1.165) is 11.1 Å². The molecule has 2 aliphatic heterocycles. The third kappa shape index (κ3) is 5.49. The van der Waals surface area contributed by atoms with Crippen LogP contribution in [-0.4, -0.2) is 63.7 Å². The normalized spacial score (nSPS) is 18.2. The van der Waals surface area contributed by atoms with E-state index >= 15 is 0 Å². The molecule has 1 saturated heterocycles. The van der Waals surface area contributed by atoms with Gasteiger partial charge in [0.2, 0.25) is 10.0 Å². The van der Waals surface area contributed by atoms with Crippen LogP contribution in [0, 0.1) is 6.92 Å². The summed E-state index contributed by atoms with van der Waals surface area (Å²) in [6.45, 7) is 3.30. The number of nitrogens with zero attached hydrogens (tertiary/aromatic N) is 1. The first-order valence-electron chi connectivity index (χ1n) is 11.0. The number of sulfonamides is 1. The second-order valence-corrected chi connectivity index (χ2v) is 9.87. The SMILES string of the molecule is Cc1ccc(CNC(=O)C(=O)NCC2OCCCN2S(=O)(=O)c2ccc3c(c2)OCCO3)cc1. The molecule has 0 radical (unpaired) electrons. The fourth-order valence-electron chi connectivity index (χ4n) is 3.65. The molecule has 0 bridgehead atoms. The number of fused-ring (bicyclic) bond motifs is 1. The fraction of sp³-hybridized carbons (Fsp3) is 0.391. The molecule has 0 saturated carbocycles. The number of ether oxygens (including phenoxy) is 3. The summed E-state index contributed by atoms with van der Waals surface area (Å²) in [7, 11) is -3.94. The Morgan fingerprint density at radius 1 is 0.971 bits per heavy atom. The summed E-state index contributed by atoms with van der Waals surface area (Å²) < 4.78 is 44.4. The van der Waals surface area contributed by atoms with Gasteiger partial charge in [0, 0.05) is 19.2 Å². The van der Waals surface area contributed by atoms with E-state index < -0.39 is 28.1 Å². The topological polar surface area (TPSA) is 123 Å². The second kappa shape index (κ2) is 10.4. The largest absolute Gasteiger partial charge is 0.486 e. The lowest BCUT2D eigenvalue weighted by Gasteiger charge is -2.34. The fourth-order valence-corrected chi connectivity index (χ4v) is 5.23. The summed E-state index contributed by atoms with van der Waals surface area (Å²) in [5.41, 5.74) is 1.95. The molecule has 4 rings (SSSR count). The maximum absolute atomic E-state index is 13.3. The number of amides is 2. The van der Waals surface area contributed by atoms with E-state index in [1.54, 1.807) is 6.07 Å². The minimum Gasteiger partial charge on any atom is -0.486 e. The van der Waals surface area contributed by atoms with Crippen LogP contribution in [-0.2, 0) is 30.9 Å². The molecule has 10 nitrogen and oxygen atoms in total. The molecule has 2 N–H and O–H groups in total. The quantitative estimate of drug-likeness (QED) is 0.579. The standard InChI is InChI=1S/C23H27N3O7S/c1-16-3-5-17(6-4-16)14-24-22(27)23(28)25-15-21-26(9-2-10-33-21)34(29,30)18-7-8-19-20(13-18)32-12-11-31-19/h3-8,13,21H,2,9-12,14-15H2,1H3,(H,24,27)(H,25,28). The molecule has 182 valence electrons. The van der Waals surface area contributed by atoms with E-state index in [1.165, 1.54) is 16.4 Å². The van der Waals surface area contributed by atoms with Crippen LogP contribution in [0.1, 0.15) is 17.5 Å². The zero-order chi connectivity index (χ0) is 24.1. The van der Waals surface area contributed by atoms with Crippen LogP contribution >= 0.6 is 0 Å². The summed E-state index contributed by atoms with van der Waals surface area (Å²) in [6.07, 6.45) is -0.438. The molecule has 2 aromatic rings. The van der Waals surface area contributed by atoms with Crippen LogP contribution in [0.5, 0.6) is 11.5 Å². The van der Waals surface area contributed by atoms with Gasteiger partial charge < -0.3 is 24.8 Å². The van der Waals surface area contributed by atoms with E-state index in [2.05, 4.69) is 10.6 Å². The van der Waals surface area contributed by atoms with E-state index in [0.29, 0.717) is 37.7 Å². The maximum Gasteiger partial charge on any atom is 0.309 e. The molecule has 2 aliphatic rings. The highest BCUT2D eigenvalue weighted by atomic mass is 32.2. The number of hydrogen-bond donors (Lipinski definition) is 2. The monoisotopic (exact) mass is 489 g/mol. The maximum atomic E-state index is 13.3. The number of hydrogen-bond acceptors (Lipinski definition) is 7. The van der Waals surface area contributed by atoms with Crippen molar-refractivity contribution in [3.8, 4) is 11.5 Å². The molecule has 0 spiro atoms. The van der Waals surface area contributed by atoms with E-state index in [-0.39, 0.29) is 24.5 Å². The summed E-state index contributed by atoms with van der Waals surface area (Å²) >= 11 is 0. The van der Waals surface area contributed by atoms with Crippen LogP contribution in [0.2, 0.25) is 0 Å². The Labute approximate surface area is 198 Å². The van der Waals surface area contributed by atoms with Crippen molar-refractivity contribution < 1.29 is 32.2 Å². The van der Waals surface area contributed by atoms with Crippen LogP contribution in [0.15, 0.2) is 47.4 Å². The number of benzene rings is 2. The van der Waals surface area contributed by atoms with Gasteiger partial charge in [-0.2, -0.15) is 4.31 Å². The zero-order valence-electron chi connectivity index (χ0n) is 18.8. The number of nitrogens with one attached hydrogen (secondary N) is 2. The van der Waals surface area contributed by atoms with Crippen LogP contribution in [0.4, 0.5) is 0 Å². The average molecular weight is 490 g/mol. The van der Waals surface area contributed by atoms with Crippen molar-refractivity contribution in [2.24, 2.45) is 0 Å². The zero-order valence-corrected chi connectivity index (χ0v) is 19.6. The number of carbonyl (C=O) groups is 2. The van der Waals surface area contributed by atoms with Crippen molar-refractivity contribution in [1.82, 2.24) is 14.9 Å². The van der Waals surface area contributed by atoms with Gasteiger partial charge in [-0.3, -0.25) is 9.59 Å². The third-order valence-electron chi connectivity index (χ3n) is 5.49. The van der Waals surface area contributed by atoms with E-state index in [9.17, 15) is 18.0 Å². The third-order valence-corrected chi connectivity index (χ3v) is 7.38. The van der Waals surface area contributed by atoms with Gasteiger partial charge in [0.15, 0.2) is 11.5 Å². The molecule has 1 fully saturated rings. The Hall–Kier alpha value is -3.15. The number of carbonyl (C=O) groups excluding carboxylic acids is 2. The smallest absolute Gasteiger partial charge is 0.309 e. The average Bonchev–Trinajstić information content (AvgIpc) is 2.86. The van der Waals surface area contributed by atoms with E-state index in [1.807, 2.05) is 31.2 Å². The minimum absolute atomic E-state index is 0.0365. The molecule has 1 atom stereocenters. The van der Waals surface area contributed by atoms with Crippen molar-refractivity contribution >= 4 is 21.8 Å². The van der Waals surface area contributed by atoms with Crippen LogP contribution in [0.25, 0.3) is 0 Å². The molecule has 0 aliphatic carbocycles. The molecule has 2 aromatic carbocycles. The van der Waals surface area contributed by atoms with Gasteiger partial charge in [-0.25, -0.2) is 8.42 Å². The first-order valence-corrected chi connectivity index (χ1v) is 12.4. The lowest BCUT2D eigenvalue weighted by molar-refractivity contribution is -0.140. The van der Waals surface area contributed by atoms with Gasteiger partial charge >= 0.3 is 11.8 Å². The molecular formula is C23H27N3O7S. The second-order valence-electron chi connectivity index (χ2n) is 7.98. The predicted octanol–water partition coefficient (Wildman–Crippen LogP) is 0.936. The minimum atomic E-state index is -3.94. The lowest BCUT2D eigenvalue weighted by Crippen LogP contribution is -2.53. The Morgan fingerprint density at radius 2 is 1.68 bits per heavy atom. The highest BCUT2D eigenvalue weighted by Crippen LogP contribution is 2.34. The Morgan fingerprint density at radius 3 is 2.44 bits per heavy atom. The van der Waals surface area contributed by atoms with Crippen molar-refractivity contribution in [3.63, 3.8) is 0 Å². The first-order chi connectivity index (χ1) is 16.3. The number of aryl methyl sites for hydroxylation is 1. The van der Waals surface area contributed by atoms with E-state index in [4.69, 9.17) is 14.2 Å². The molecule has 34 heavy (non-hydrogen) atoms. The Balaban J connectivity index is 1.37. The van der Waals surface area contributed by atoms with Gasteiger partial charge in [0.05, 0.1) is 18.0 Å². The first kappa shape index (κ1) is 24.0. The Bertz CT molecular complexity index is 1150. The van der Waals surface area contributed by atoms with Crippen molar-refractivity contribution in [2.75, 3.05) is 32.9 Å². The lowest BCUT2D eigenvalue weighted by atomic mass is 10.1. The van der Waals surface area contributed by atoms with Gasteiger partial charge in [0.25, 0.3) is 0 Å². The van der Waals surface area contributed by atoms with Gasteiger partial charge in [0.1, 0.15) is 19.4 Å². The van der Waals surface area contributed by atoms with Gasteiger partial charge in [-0.05, 0) is 31.0 Å². The summed E-state index contributed by atoms with van der Waals surface area (Å²) in [6, 6.07) is 12.0. The van der Waals surface area contributed by atoms with Gasteiger partial charge in [-0.1, -0.05) is 29.8 Å². The summed E-state index contributed by atoms with van der Waals surface area (Å²) in [5, 5.41) is 5.03. The van der Waals surface area contributed by atoms with Crippen molar-refractivity contribution in [3.05, 3.63) is 53.6 Å². The number of rotatable bonds is 6. The summed E-state index contributed by atoms with van der Waals surface area (Å²) in [4.78, 5) is 24.5. The molecule has 2 amide bonds. The molecule has 11 heteroatoms. The molecular weight excluding hydrogens is 462 g/mol. The molecule has 2 heterocycles. The molecule has 0 aromatic heterocycles. The van der Waals surface area contributed by atoms with Crippen LogP contribution in [0.3, 0.4) is 0 Å². The predicted molar refractivity (Wildman–Crippen MR) is 122 cm³/mol. The summed E-state index contributed by atoms with van der Waals surface area (Å²) in [5.74, 6) is -0.823. The van der Waals surface area contributed by atoms with Crippen molar-refractivity contribution in [2.45, 2.75) is 31.0 Å².